The number of aliphatic hydroxyl groups is 1. The molecule has 0 saturated carbocycles. The number of methoxy groups -OCH3 is 1. The smallest absolute Gasteiger partial charge is 0.121 e. The van der Waals surface area contributed by atoms with Crippen LogP contribution in [0.3, 0.4) is 0 Å². The average molecular weight is 283 g/mol. The molecule has 3 N–H and O–H groups in total. The first-order valence-electron chi connectivity index (χ1n) is 6.84. The van der Waals surface area contributed by atoms with Crippen LogP contribution in [0.5, 0.6) is 5.75 Å². The van der Waals surface area contributed by atoms with E-state index in [4.69, 9.17) is 9.47 Å². The number of aliphatic hydroxyl groups excluding tert-OH is 1. The summed E-state index contributed by atoms with van der Waals surface area (Å²) in [7, 11) is 1.61. The topological polar surface area (TPSA) is 71.0 Å². The van der Waals surface area contributed by atoms with Crippen molar-refractivity contribution in [3.63, 3.8) is 0 Å². The summed E-state index contributed by atoms with van der Waals surface area (Å²) in [5.41, 5.74) is 1.43. The van der Waals surface area contributed by atoms with Crippen LogP contribution >= 0.6 is 0 Å². The molecule has 1 unspecified atom stereocenters. The van der Waals surface area contributed by atoms with E-state index in [-0.39, 0.29) is 5.75 Å². The maximum Gasteiger partial charge on any atom is 0.121 e. The molecule has 1 aromatic rings. The summed E-state index contributed by atoms with van der Waals surface area (Å²) >= 11 is 0. The highest BCUT2D eigenvalue weighted by molar-refractivity contribution is 5.36. The van der Waals surface area contributed by atoms with Crippen LogP contribution in [0.1, 0.15) is 31.1 Å². The van der Waals surface area contributed by atoms with Gasteiger partial charge >= 0.3 is 0 Å². The Bertz CT molecular complexity index is 395. The van der Waals surface area contributed by atoms with Gasteiger partial charge in [-0.3, -0.25) is 0 Å². The van der Waals surface area contributed by atoms with Gasteiger partial charge in [-0.15, -0.1) is 0 Å². The van der Waals surface area contributed by atoms with Crippen molar-refractivity contribution >= 4 is 0 Å². The lowest BCUT2D eigenvalue weighted by molar-refractivity contribution is 0.0607. The van der Waals surface area contributed by atoms with E-state index in [1.54, 1.807) is 25.3 Å². The van der Waals surface area contributed by atoms with E-state index in [1.807, 2.05) is 13.8 Å². The molecule has 0 spiro atoms. The van der Waals surface area contributed by atoms with Crippen molar-refractivity contribution in [3.05, 3.63) is 29.3 Å². The Balaban J connectivity index is 2.60. The number of aromatic hydroxyl groups is 1. The Morgan fingerprint density at radius 1 is 1.25 bits per heavy atom. The molecule has 0 saturated heterocycles. The van der Waals surface area contributed by atoms with Crippen LogP contribution in [0.2, 0.25) is 0 Å². The Morgan fingerprint density at radius 2 is 2.00 bits per heavy atom. The molecule has 1 rings (SSSR count). The number of ether oxygens (including phenoxy) is 2. The number of phenols is 1. The molecular formula is C15H25NO4. The molecule has 0 aromatic heterocycles. The molecule has 0 bridgehead atoms. The van der Waals surface area contributed by atoms with Gasteiger partial charge in [-0.1, -0.05) is 19.9 Å². The molecule has 0 aliphatic heterocycles. The number of nitrogens with one attached hydrogen (secondary N) is 1. The van der Waals surface area contributed by atoms with Crippen molar-refractivity contribution in [1.29, 1.82) is 0 Å². The third-order valence-electron chi connectivity index (χ3n) is 2.90. The van der Waals surface area contributed by atoms with Gasteiger partial charge in [-0.25, -0.2) is 0 Å². The first-order valence-corrected chi connectivity index (χ1v) is 6.84. The summed E-state index contributed by atoms with van der Waals surface area (Å²) < 4.78 is 10.3. The minimum atomic E-state index is -0.601. The Hall–Kier alpha value is -1.14. The van der Waals surface area contributed by atoms with Crippen LogP contribution in [-0.2, 0) is 16.1 Å². The highest BCUT2D eigenvalue weighted by Gasteiger charge is 2.11. The van der Waals surface area contributed by atoms with E-state index in [0.717, 1.165) is 5.56 Å². The quantitative estimate of drug-likeness (QED) is 0.600. The summed E-state index contributed by atoms with van der Waals surface area (Å²) in [6.45, 7) is 5.82. The molecule has 5 heteroatoms. The third kappa shape index (κ3) is 5.88. The van der Waals surface area contributed by atoms with Crippen LogP contribution < -0.4 is 5.32 Å². The molecule has 0 fully saturated rings. The number of hydrogen-bond acceptors (Lipinski definition) is 5. The van der Waals surface area contributed by atoms with Crippen molar-refractivity contribution in [1.82, 2.24) is 5.32 Å². The van der Waals surface area contributed by atoms with Crippen LogP contribution in [0.25, 0.3) is 0 Å². The van der Waals surface area contributed by atoms with Gasteiger partial charge in [0.15, 0.2) is 0 Å². The second-order valence-corrected chi connectivity index (χ2v) is 5.01. The fraction of sp³-hybridized carbons (Fsp3) is 0.600. The lowest BCUT2D eigenvalue weighted by Gasteiger charge is -2.16. The van der Waals surface area contributed by atoms with Gasteiger partial charge < -0.3 is 25.0 Å². The first kappa shape index (κ1) is 16.9. The van der Waals surface area contributed by atoms with Crippen molar-refractivity contribution in [2.75, 3.05) is 26.9 Å². The summed E-state index contributed by atoms with van der Waals surface area (Å²) in [4.78, 5) is 0. The summed E-state index contributed by atoms with van der Waals surface area (Å²) in [5.74, 6) is 0.176. The van der Waals surface area contributed by atoms with Gasteiger partial charge in [0.25, 0.3) is 0 Å². The Labute approximate surface area is 120 Å². The minimum Gasteiger partial charge on any atom is -0.508 e. The highest BCUT2D eigenvalue weighted by atomic mass is 16.5. The van der Waals surface area contributed by atoms with E-state index < -0.39 is 6.10 Å². The zero-order chi connectivity index (χ0) is 15.0. The van der Waals surface area contributed by atoms with Crippen LogP contribution in [-0.4, -0.2) is 43.1 Å². The Morgan fingerprint density at radius 3 is 2.65 bits per heavy atom. The largest absolute Gasteiger partial charge is 0.508 e. The average Bonchev–Trinajstić information content (AvgIpc) is 2.42. The molecule has 0 aliphatic rings. The van der Waals surface area contributed by atoms with Gasteiger partial charge in [0.2, 0.25) is 0 Å². The third-order valence-corrected chi connectivity index (χ3v) is 2.90. The highest BCUT2D eigenvalue weighted by Crippen LogP contribution is 2.23. The van der Waals surface area contributed by atoms with Gasteiger partial charge in [0.05, 0.1) is 25.9 Å². The SMILES string of the molecule is COCCOCc1cc(C(O)CNC(C)C)ccc1O. The molecule has 0 amide bonds. The van der Waals surface area contributed by atoms with Crippen LogP contribution in [0, 0.1) is 0 Å². The first-order chi connectivity index (χ1) is 9.54. The van der Waals surface area contributed by atoms with E-state index in [1.165, 1.54) is 0 Å². The van der Waals surface area contributed by atoms with E-state index in [0.29, 0.717) is 38.0 Å². The van der Waals surface area contributed by atoms with E-state index in [2.05, 4.69) is 5.32 Å². The van der Waals surface area contributed by atoms with E-state index >= 15 is 0 Å². The van der Waals surface area contributed by atoms with Crippen molar-refractivity contribution in [3.8, 4) is 5.75 Å². The van der Waals surface area contributed by atoms with Crippen molar-refractivity contribution in [2.24, 2.45) is 0 Å². The molecule has 1 aromatic carbocycles. The van der Waals surface area contributed by atoms with Gasteiger partial charge in [-0.2, -0.15) is 0 Å². The number of phenolic OH excluding ortho intramolecular Hbond substituents is 1. The fourth-order valence-electron chi connectivity index (χ4n) is 1.72. The molecule has 0 aliphatic carbocycles. The summed E-state index contributed by atoms with van der Waals surface area (Å²) in [5, 5.41) is 23.0. The molecule has 0 radical (unpaired) electrons. The second-order valence-electron chi connectivity index (χ2n) is 5.01. The number of benzene rings is 1. The molecule has 1 atom stereocenters. The Kier molecular flexibility index (Phi) is 7.54. The molecule has 0 heterocycles. The maximum atomic E-state index is 10.1. The number of hydrogen-bond donors (Lipinski definition) is 3. The maximum absolute atomic E-state index is 10.1. The molecule has 5 nitrogen and oxygen atoms in total. The zero-order valence-corrected chi connectivity index (χ0v) is 12.4. The normalized spacial score (nSPS) is 12.8. The predicted molar refractivity (Wildman–Crippen MR) is 77.7 cm³/mol. The van der Waals surface area contributed by atoms with Gasteiger partial charge in [0, 0.05) is 25.3 Å². The second kappa shape index (κ2) is 8.92. The van der Waals surface area contributed by atoms with E-state index in [9.17, 15) is 10.2 Å². The summed E-state index contributed by atoms with van der Waals surface area (Å²) in [6, 6.07) is 5.40. The van der Waals surface area contributed by atoms with Gasteiger partial charge in [-0.05, 0) is 17.7 Å². The number of rotatable bonds is 9. The lowest BCUT2D eigenvalue weighted by atomic mass is 10.1. The standard InChI is InChI=1S/C15H25NO4/c1-11(2)16-9-15(18)12-4-5-14(17)13(8-12)10-20-7-6-19-3/h4-5,8,11,15-18H,6-7,9-10H2,1-3H3. The predicted octanol–water partition coefficient (Wildman–Crippen LogP) is 1.59. The van der Waals surface area contributed by atoms with Gasteiger partial charge in [0.1, 0.15) is 5.75 Å². The monoisotopic (exact) mass is 283 g/mol. The van der Waals surface area contributed by atoms with Crippen molar-refractivity contribution < 1.29 is 19.7 Å². The molecule has 114 valence electrons. The van der Waals surface area contributed by atoms with Crippen LogP contribution in [0.4, 0.5) is 0 Å². The van der Waals surface area contributed by atoms with Crippen LogP contribution in [0.15, 0.2) is 18.2 Å². The van der Waals surface area contributed by atoms with Crippen molar-refractivity contribution in [2.45, 2.75) is 32.6 Å². The fourth-order valence-corrected chi connectivity index (χ4v) is 1.72. The zero-order valence-electron chi connectivity index (χ0n) is 12.4. The summed E-state index contributed by atoms with van der Waals surface area (Å²) in [6.07, 6.45) is -0.601. The molecule has 20 heavy (non-hydrogen) atoms. The lowest BCUT2D eigenvalue weighted by Crippen LogP contribution is -2.27. The minimum absolute atomic E-state index is 0.176. The molecular weight excluding hydrogens is 258 g/mol.